The summed E-state index contributed by atoms with van der Waals surface area (Å²) in [5.74, 6) is 0. The molecule has 0 atom stereocenters. The van der Waals surface area contributed by atoms with Crippen molar-refractivity contribution in [2.75, 3.05) is 39.3 Å². The lowest BCUT2D eigenvalue weighted by molar-refractivity contribution is 0.464. The normalized spacial score (nSPS) is 23.9. The molecule has 0 aromatic heterocycles. The first kappa shape index (κ1) is 10.1. The zero-order chi connectivity index (χ0) is 9.47. The minimum Gasteiger partial charge on any atom is -0.252 e. The molecule has 2 rings (SSSR count). The van der Waals surface area contributed by atoms with Crippen molar-refractivity contribution in [3.63, 3.8) is 0 Å². The van der Waals surface area contributed by atoms with E-state index in [1.165, 1.54) is 26.2 Å². The molecule has 2 fully saturated rings. The van der Waals surface area contributed by atoms with E-state index in [-0.39, 0.29) is 0 Å². The maximum Gasteiger partial charge on any atom is 0.145 e. The summed E-state index contributed by atoms with van der Waals surface area (Å²) >= 11 is 5.88. The van der Waals surface area contributed by atoms with Gasteiger partial charge >= 0.3 is 0 Å². The molecule has 0 aromatic rings. The van der Waals surface area contributed by atoms with Crippen LogP contribution in [0, 0.1) is 0 Å². The van der Waals surface area contributed by atoms with Gasteiger partial charge in [-0.3, -0.25) is 4.67 Å². The second-order valence-electron chi connectivity index (χ2n) is 3.56. The van der Waals surface area contributed by atoms with Gasteiger partial charge in [0.25, 0.3) is 0 Å². The van der Waals surface area contributed by atoms with Crippen molar-refractivity contribution in [2.24, 2.45) is 0 Å². The molecule has 0 unspecified atom stereocenters. The van der Waals surface area contributed by atoms with Crippen molar-refractivity contribution in [1.82, 2.24) is 14.0 Å². The molecule has 0 N–H and O–H groups in total. The van der Waals surface area contributed by atoms with Crippen LogP contribution in [0.3, 0.4) is 0 Å². The number of hydrogen-bond donors (Lipinski definition) is 0. The van der Waals surface area contributed by atoms with E-state index in [4.69, 9.17) is 11.8 Å². The van der Waals surface area contributed by atoms with Crippen LogP contribution >= 0.6 is 6.49 Å². The first-order valence-electron chi connectivity index (χ1n) is 5.09. The summed E-state index contributed by atoms with van der Waals surface area (Å²) in [6.07, 6.45) is 0. The monoisotopic (exact) mass is 219 g/mol. The lowest BCUT2D eigenvalue weighted by Gasteiger charge is -2.35. The Kier molecular flexibility index (Phi) is 2.78. The highest BCUT2D eigenvalue weighted by Gasteiger charge is 2.46. The second-order valence-corrected chi connectivity index (χ2v) is 7.75. The maximum absolute atomic E-state index is 5.88. The molecule has 13 heavy (non-hydrogen) atoms. The van der Waals surface area contributed by atoms with E-state index >= 15 is 0 Å². The van der Waals surface area contributed by atoms with Gasteiger partial charge in [-0.15, -0.1) is 0 Å². The molecular weight excluding hydrogens is 201 g/mol. The Bertz CT molecular complexity index is 218. The quantitative estimate of drug-likeness (QED) is 0.507. The Morgan fingerprint density at radius 1 is 1.08 bits per heavy atom. The topological polar surface area (TPSA) is 9.26 Å². The first-order valence-corrected chi connectivity index (χ1v) is 7.75. The van der Waals surface area contributed by atoms with Crippen molar-refractivity contribution in [3.8, 4) is 0 Å². The van der Waals surface area contributed by atoms with Gasteiger partial charge in [-0.1, -0.05) is 13.8 Å². The highest BCUT2D eigenvalue weighted by Crippen LogP contribution is 2.62. The molecule has 76 valence electrons. The van der Waals surface area contributed by atoms with Crippen LogP contribution in [0.5, 0.6) is 0 Å². The molecule has 2 saturated heterocycles. The van der Waals surface area contributed by atoms with Crippen molar-refractivity contribution >= 4 is 18.3 Å². The van der Waals surface area contributed by atoms with Crippen LogP contribution in [-0.4, -0.2) is 53.3 Å². The fraction of sp³-hybridized carbons (Fsp3) is 1.00. The summed E-state index contributed by atoms with van der Waals surface area (Å²) in [6.45, 7) is 10.1. The zero-order valence-corrected chi connectivity index (χ0v) is 10.2. The Morgan fingerprint density at radius 2 is 1.46 bits per heavy atom. The van der Waals surface area contributed by atoms with E-state index in [9.17, 15) is 0 Å². The molecule has 0 bridgehead atoms. The van der Waals surface area contributed by atoms with Crippen LogP contribution in [0.1, 0.15) is 13.8 Å². The summed E-state index contributed by atoms with van der Waals surface area (Å²) in [4.78, 5) is 0. The Morgan fingerprint density at radius 3 is 1.69 bits per heavy atom. The SMILES string of the molecule is CCN(CC)P(=S)(N1CC1)N1CC1. The minimum atomic E-state index is -1.42. The van der Waals surface area contributed by atoms with Gasteiger partial charge in [-0.25, -0.2) is 9.34 Å². The average molecular weight is 219 g/mol. The van der Waals surface area contributed by atoms with Gasteiger partial charge in [-0.05, 0) is 11.8 Å². The van der Waals surface area contributed by atoms with Gasteiger partial charge in [0, 0.05) is 39.3 Å². The molecule has 0 amide bonds. The van der Waals surface area contributed by atoms with Crippen molar-refractivity contribution in [2.45, 2.75) is 13.8 Å². The third kappa shape index (κ3) is 1.71. The van der Waals surface area contributed by atoms with Crippen LogP contribution in [0.2, 0.25) is 0 Å². The smallest absolute Gasteiger partial charge is 0.145 e. The van der Waals surface area contributed by atoms with E-state index in [0.29, 0.717) is 0 Å². The highest BCUT2D eigenvalue weighted by atomic mass is 32.4. The molecule has 2 aliphatic rings. The first-order chi connectivity index (χ1) is 6.23. The summed E-state index contributed by atoms with van der Waals surface area (Å²) in [5.41, 5.74) is 0. The van der Waals surface area contributed by atoms with Crippen LogP contribution in [0.4, 0.5) is 0 Å². The van der Waals surface area contributed by atoms with E-state index in [1.807, 2.05) is 0 Å². The van der Waals surface area contributed by atoms with Crippen LogP contribution in [0.25, 0.3) is 0 Å². The van der Waals surface area contributed by atoms with Gasteiger partial charge in [0.15, 0.2) is 0 Å². The standard InChI is InChI=1S/C8H18N3PS/c1-3-9(4-2)12(13,10-5-6-10)11-7-8-11/h3-8H2,1-2H3. The Hall–Kier alpha value is 0.530. The van der Waals surface area contributed by atoms with Gasteiger partial charge in [0.2, 0.25) is 0 Å². The summed E-state index contributed by atoms with van der Waals surface area (Å²) in [5, 5.41) is 0. The lowest BCUT2D eigenvalue weighted by atomic mass is 10.7. The molecule has 2 heterocycles. The fourth-order valence-electron chi connectivity index (χ4n) is 1.74. The molecule has 2 aliphatic heterocycles. The van der Waals surface area contributed by atoms with E-state index in [0.717, 1.165) is 13.1 Å². The summed E-state index contributed by atoms with van der Waals surface area (Å²) in [7, 11) is 0. The largest absolute Gasteiger partial charge is 0.252 e. The van der Waals surface area contributed by atoms with E-state index in [2.05, 4.69) is 27.9 Å². The fourth-order valence-corrected chi connectivity index (χ4v) is 6.44. The van der Waals surface area contributed by atoms with Crippen molar-refractivity contribution in [3.05, 3.63) is 0 Å². The van der Waals surface area contributed by atoms with Crippen molar-refractivity contribution < 1.29 is 0 Å². The second kappa shape index (κ2) is 3.59. The molecule has 5 heteroatoms. The number of rotatable bonds is 5. The average Bonchev–Trinajstić information content (AvgIpc) is 2.98. The van der Waals surface area contributed by atoms with Gasteiger partial charge in [0.1, 0.15) is 6.49 Å². The van der Waals surface area contributed by atoms with Gasteiger partial charge in [0.05, 0.1) is 0 Å². The maximum atomic E-state index is 5.88. The summed E-state index contributed by atoms with van der Waals surface area (Å²) in [6, 6.07) is 0. The van der Waals surface area contributed by atoms with Crippen molar-refractivity contribution in [1.29, 1.82) is 0 Å². The molecule has 0 saturated carbocycles. The summed E-state index contributed by atoms with van der Waals surface area (Å²) < 4.78 is 7.47. The molecule has 3 nitrogen and oxygen atoms in total. The number of nitrogens with zero attached hydrogens (tertiary/aromatic N) is 3. The molecular formula is C8H18N3PS. The zero-order valence-electron chi connectivity index (χ0n) is 8.44. The van der Waals surface area contributed by atoms with Crippen LogP contribution < -0.4 is 0 Å². The Balaban J connectivity index is 2.15. The molecule has 0 aliphatic carbocycles. The van der Waals surface area contributed by atoms with Crippen LogP contribution in [-0.2, 0) is 11.8 Å². The predicted octanol–water partition coefficient (Wildman–Crippen LogP) is 1.18. The lowest BCUT2D eigenvalue weighted by Crippen LogP contribution is -2.27. The molecule has 0 spiro atoms. The molecule has 0 radical (unpaired) electrons. The number of hydrogen-bond acceptors (Lipinski definition) is 1. The van der Waals surface area contributed by atoms with Gasteiger partial charge < -0.3 is 0 Å². The molecule has 0 aromatic carbocycles. The highest BCUT2D eigenvalue weighted by molar-refractivity contribution is 8.11. The van der Waals surface area contributed by atoms with E-state index in [1.54, 1.807) is 0 Å². The third-order valence-electron chi connectivity index (χ3n) is 2.68. The Labute approximate surface area is 85.9 Å². The minimum absolute atomic E-state index is 1.10. The van der Waals surface area contributed by atoms with E-state index < -0.39 is 6.49 Å². The third-order valence-corrected chi connectivity index (χ3v) is 8.34. The van der Waals surface area contributed by atoms with Crippen LogP contribution in [0.15, 0.2) is 0 Å². The van der Waals surface area contributed by atoms with Gasteiger partial charge in [-0.2, -0.15) is 0 Å². The predicted molar refractivity (Wildman–Crippen MR) is 60.4 cm³/mol.